The Bertz CT molecular complexity index is 1080. The van der Waals surface area contributed by atoms with Gasteiger partial charge in [-0.25, -0.2) is 19.9 Å². The van der Waals surface area contributed by atoms with Gasteiger partial charge in [0, 0.05) is 41.1 Å². The zero-order valence-electron chi connectivity index (χ0n) is 14.0. The molecule has 0 fully saturated rings. The van der Waals surface area contributed by atoms with Gasteiger partial charge in [0.2, 0.25) is 0 Å². The van der Waals surface area contributed by atoms with Crippen molar-refractivity contribution >= 4 is 28.1 Å². The number of anilines is 1. The number of nitrogens with zero attached hydrogens (tertiary/aromatic N) is 6. The van der Waals surface area contributed by atoms with Crippen LogP contribution in [0.4, 0.5) is 17.3 Å². The highest BCUT2D eigenvalue weighted by Gasteiger charge is 2.07. The third-order valence-corrected chi connectivity index (χ3v) is 3.87. The molecule has 0 saturated carbocycles. The number of fused-ring (bicyclic) bond motifs is 1. The fraction of sp³-hybridized carbons (Fsp3) is 0.0526. The molecule has 0 unspecified atom stereocenters. The van der Waals surface area contributed by atoms with Crippen molar-refractivity contribution in [1.82, 2.24) is 19.9 Å². The molecule has 0 spiro atoms. The van der Waals surface area contributed by atoms with Gasteiger partial charge in [0.05, 0.1) is 0 Å². The molecule has 0 aliphatic heterocycles. The van der Waals surface area contributed by atoms with Crippen molar-refractivity contribution in [3.05, 3.63) is 66.7 Å². The van der Waals surface area contributed by atoms with Crippen LogP contribution in [0.25, 0.3) is 22.2 Å². The molecule has 3 heterocycles. The molecule has 7 heteroatoms. The number of hydrogen-bond acceptors (Lipinski definition) is 7. The molecule has 0 amide bonds. The lowest BCUT2D eigenvalue weighted by Crippen LogP contribution is -1.91. The minimum Gasteiger partial charge on any atom is -0.382 e. The van der Waals surface area contributed by atoms with E-state index in [9.17, 15) is 0 Å². The van der Waals surface area contributed by atoms with Gasteiger partial charge in [-0.15, -0.1) is 10.2 Å². The van der Waals surface area contributed by atoms with Gasteiger partial charge < -0.3 is 5.73 Å². The molecule has 4 aromatic rings. The van der Waals surface area contributed by atoms with Crippen LogP contribution in [0, 0.1) is 6.92 Å². The molecule has 3 aromatic heterocycles. The van der Waals surface area contributed by atoms with Crippen LogP contribution in [0.1, 0.15) is 5.56 Å². The van der Waals surface area contributed by atoms with E-state index in [4.69, 9.17) is 5.73 Å². The van der Waals surface area contributed by atoms with Crippen molar-refractivity contribution in [2.45, 2.75) is 6.92 Å². The van der Waals surface area contributed by atoms with Crippen molar-refractivity contribution in [2.75, 3.05) is 5.73 Å². The van der Waals surface area contributed by atoms with Crippen LogP contribution in [0.3, 0.4) is 0 Å². The van der Waals surface area contributed by atoms with E-state index in [0.717, 1.165) is 21.9 Å². The van der Waals surface area contributed by atoms with Crippen molar-refractivity contribution in [3.8, 4) is 11.4 Å². The molecule has 1 aromatic carbocycles. The normalized spacial score (nSPS) is 11.3. The second-order valence-corrected chi connectivity index (χ2v) is 5.76. The van der Waals surface area contributed by atoms with Gasteiger partial charge in [-0.1, -0.05) is 17.7 Å². The average molecular weight is 341 g/mol. The molecule has 0 radical (unpaired) electrons. The molecule has 0 bridgehead atoms. The molecule has 126 valence electrons. The summed E-state index contributed by atoms with van der Waals surface area (Å²) in [4.78, 5) is 16.9. The van der Waals surface area contributed by atoms with E-state index in [-0.39, 0.29) is 0 Å². The summed E-state index contributed by atoms with van der Waals surface area (Å²) in [5.74, 6) is 1.41. The minimum atomic E-state index is 0.334. The SMILES string of the molecule is Cc1ccc2cnc(N)c(N=Nc3ccc(-c4ncccn4)cn3)c2c1. The highest BCUT2D eigenvalue weighted by atomic mass is 15.2. The van der Waals surface area contributed by atoms with Gasteiger partial charge in [0.25, 0.3) is 0 Å². The largest absolute Gasteiger partial charge is 0.382 e. The molecule has 0 atom stereocenters. The maximum Gasteiger partial charge on any atom is 0.174 e. The Morgan fingerprint density at radius 1 is 0.885 bits per heavy atom. The van der Waals surface area contributed by atoms with Gasteiger partial charge in [-0.05, 0) is 31.2 Å². The van der Waals surface area contributed by atoms with E-state index >= 15 is 0 Å². The quantitative estimate of drug-likeness (QED) is 0.557. The van der Waals surface area contributed by atoms with Crippen LogP contribution in [0.15, 0.2) is 71.4 Å². The number of aromatic nitrogens is 4. The Morgan fingerprint density at radius 2 is 1.73 bits per heavy atom. The first kappa shape index (κ1) is 15.8. The summed E-state index contributed by atoms with van der Waals surface area (Å²) in [6.07, 6.45) is 6.77. The average Bonchev–Trinajstić information content (AvgIpc) is 2.68. The number of nitrogen functional groups attached to an aromatic ring is 1. The number of aryl methyl sites for hydroxylation is 1. The fourth-order valence-electron chi connectivity index (χ4n) is 2.56. The highest BCUT2D eigenvalue weighted by Crippen LogP contribution is 2.32. The van der Waals surface area contributed by atoms with Crippen molar-refractivity contribution in [2.24, 2.45) is 10.2 Å². The van der Waals surface area contributed by atoms with Crippen molar-refractivity contribution < 1.29 is 0 Å². The Hall–Kier alpha value is -3.74. The van der Waals surface area contributed by atoms with Crippen LogP contribution < -0.4 is 5.73 Å². The highest BCUT2D eigenvalue weighted by molar-refractivity contribution is 5.96. The molecule has 2 N–H and O–H groups in total. The third kappa shape index (κ3) is 3.10. The summed E-state index contributed by atoms with van der Waals surface area (Å²) in [7, 11) is 0. The van der Waals surface area contributed by atoms with Gasteiger partial charge in [-0.3, -0.25) is 0 Å². The molecule has 0 saturated heterocycles. The maximum absolute atomic E-state index is 6.00. The Morgan fingerprint density at radius 3 is 2.50 bits per heavy atom. The number of hydrogen-bond donors (Lipinski definition) is 1. The van der Waals surface area contributed by atoms with Crippen LogP contribution in [-0.4, -0.2) is 19.9 Å². The van der Waals surface area contributed by atoms with Crippen molar-refractivity contribution in [3.63, 3.8) is 0 Å². The summed E-state index contributed by atoms with van der Waals surface area (Å²) in [5.41, 5.74) is 8.47. The van der Waals surface area contributed by atoms with E-state index in [1.807, 2.05) is 31.2 Å². The summed E-state index contributed by atoms with van der Waals surface area (Å²) < 4.78 is 0. The Kier molecular flexibility index (Phi) is 4.03. The molecule has 0 aliphatic rings. The van der Waals surface area contributed by atoms with Crippen LogP contribution in [0.5, 0.6) is 0 Å². The lowest BCUT2D eigenvalue weighted by molar-refractivity contribution is 1.13. The maximum atomic E-state index is 6.00. The first-order valence-electron chi connectivity index (χ1n) is 8.01. The lowest BCUT2D eigenvalue weighted by Gasteiger charge is -2.05. The van der Waals surface area contributed by atoms with E-state index in [1.54, 1.807) is 36.9 Å². The number of nitrogens with two attached hydrogens (primary N) is 1. The zero-order chi connectivity index (χ0) is 17.9. The van der Waals surface area contributed by atoms with Crippen LogP contribution in [-0.2, 0) is 0 Å². The summed E-state index contributed by atoms with van der Waals surface area (Å²) in [6, 6.07) is 11.4. The minimum absolute atomic E-state index is 0.334. The fourth-order valence-corrected chi connectivity index (χ4v) is 2.56. The Labute approximate surface area is 149 Å². The number of azo groups is 1. The summed E-state index contributed by atoms with van der Waals surface area (Å²) in [6.45, 7) is 2.02. The molecule has 26 heavy (non-hydrogen) atoms. The van der Waals surface area contributed by atoms with Gasteiger partial charge >= 0.3 is 0 Å². The number of pyridine rings is 2. The predicted molar refractivity (Wildman–Crippen MR) is 100 cm³/mol. The first-order valence-corrected chi connectivity index (χ1v) is 8.01. The van der Waals surface area contributed by atoms with Crippen LogP contribution in [0.2, 0.25) is 0 Å². The first-order chi connectivity index (χ1) is 12.7. The van der Waals surface area contributed by atoms with Gasteiger partial charge in [0.1, 0.15) is 5.69 Å². The van der Waals surface area contributed by atoms with E-state index in [2.05, 4.69) is 30.2 Å². The molecular weight excluding hydrogens is 326 g/mol. The summed E-state index contributed by atoms with van der Waals surface area (Å²) in [5, 5.41) is 10.4. The van der Waals surface area contributed by atoms with E-state index in [1.165, 1.54) is 0 Å². The predicted octanol–water partition coefficient (Wildman–Crippen LogP) is 4.39. The second kappa shape index (κ2) is 6.64. The number of benzene rings is 1. The van der Waals surface area contributed by atoms with E-state index < -0.39 is 0 Å². The monoisotopic (exact) mass is 341 g/mol. The standard InChI is InChI=1S/C19H15N7/c1-12-3-4-13-10-24-18(20)17(15(13)9-12)26-25-16-6-5-14(11-23-16)19-21-7-2-8-22-19/h2-11H,1H3,(H2,20,24). The number of rotatable bonds is 3. The van der Waals surface area contributed by atoms with Crippen LogP contribution >= 0.6 is 0 Å². The van der Waals surface area contributed by atoms with Gasteiger partial charge in [-0.2, -0.15) is 0 Å². The summed E-state index contributed by atoms with van der Waals surface area (Å²) >= 11 is 0. The molecule has 4 rings (SSSR count). The molecular formula is C19H15N7. The lowest BCUT2D eigenvalue weighted by atomic mass is 10.1. The van der Waals surface area contributed by atoms with E-state index in [0.29, 0.717) is 23.1 Å². The molecule has 0 aliphatic carbocycles. The second-order valence-electron chi connectivity index (χ2n) is 5.76. The molecule has 7 nitrogen and oxygen atoms in total. The van der Waals surface area contributed by atoms with Gasteiger partial charge in [0.15, 0.2) is 17.5 Å². The Balaban J connectivity index is 1.67. The van der Waals surface area contributed by atoms with Crippen molar-refractivity contribution in [1.29, 1.82) is 0 Å². The smallest absolute Gasteiger partial charge is 0.174 e. The zero-order valence-corrected chi connectivity index (χ0v) is 14.0. The topological polar surface area (TPSA) is 102 Å². The third-order valence-electron chi connectivity index (χ3n) is 3.87.